The van der Waals surface area contributed by atoms with Crippen LogP contribution in [0.15, 0.2) is 18.2 Å². The molecule has 1 heterocycles. The van der Waals surface area contributed by atoms with Gasteiger partial charge in [-0.2, -0.15) is 0 Å². The number of hydrogen-bond donors (Lipinski definition) is 2. The number of benzene rings is 1. The van der Waals surface area contributed by atoms with Gasteiger partial charge in [0.2, 0.25) is 0 Å². The summed E-state index contributed by atoms with van der Waals surface area (Å²) in [4.78, 5) is 24.4. The predicted molar refractivity (Wildman–Crippen MR) is 120 cm³/mol. The Morgan fingerprint density at radius 1 is 1.23 bits per heavy atom. The summed E-state index contributed by atoms with van der Waals surface area (Å²) in [7, 11) is 7.30. The van der Waals surface area contributed by atoms with E-state index in [0.29, 0.717) is 35.3 Å². The first-order valence-electron chi connectivity index (χ1n) is 10.3. The molecular weight excluding hydrogens is 398 g/mol. The van der Waals surface area contributed by atoms with Gasteiger partial charge >= 0.3 is 0 Å². The molecule has 1 aromatic carbocycles. The summed E-state index contributed by atoms with van der Waals surface area (Å²) in [6.45, 7) is 1.40. The molecule has 0 saturated heterocycles. The Morgan fingerprint density at radius 3 is 2.48 bits per heavy atom. The summed E-state index contributed by atoms with van der Waals surface area (Å²) in [5, 5.41) is 15.0. The summed E-state index contributed by atoms with van der Waals surface area (Å²) < 4.78 is 5.54. The molecule has 10 heteroatoms. The maximum Gasteiger partial charge on any atom is 0.294 e. The number of nitrogens with two attached hydrogens (primary N) is 1. The average molecular weight is 428 g/mol. The molecule has 3 fully saturated rings. The topological polar surface area (TPSA) is 123 Å². The molecule has 3 saturated carbocycles. The van der Waals surface area contributed by atoms with Crippen LogP contribution in [0.5, 0.6) is 5.75 Å². The van der Waals surface area contributed by atoms with Gasteiger partial charge < -0.3 is 25.6 Å². The largest absolute Gasteiger partial charge is 0.494 e. The van der Waals surface area contributed by atoms with E-state index in [1.54, 1.807) is 12.1 Å². The second kappa shape index (κ2) is 7.84. The molecule has 5 rings (SSSR count). The fourth-order valence-electron chi connectivity index (χ4n) is 4.40. The summed E-state index contributed by atoms with van der Waals surface area (Å²) >= 11 is 0. The lowest BCUT2D eigenvalue weighted by Gasteiger charge is -2.60. The van der Waals surface area contributed by atoms with Crippen LogP contribution < -0.4 is 20.7 Å². The minimum atomic E-state index is -0.381. The van der Waals surface area contributed by atoms with E-state index in [1.807, 2.05) is 30.9 Å². The number of nitrogen functional groups attached to an aromatic ring is 1. The van der Waals surface area contributed by atoms with Crippen LogP contribution in [0.2, 0.25) is 0 Å². The van der Waals surface area contributed by atoms with Crippen LogP contribution in [0.3, 0.4) is 0 Å². The molecule has 3 aliphatic carbocycles. The Labute approximate surface area is 181 Å². The van der Waals surface area contributed by atoms with Gasteiger partial charge in [-0.1, -0.05) is 0 Å². The number of hydrogen-bond acceptors (Lipinski definition) is 9. The number of nitro groups is 1. The summed E-state index contributed by atoms with van der Waals surface area (Å²) in [5.41, 5.74) is 7.04. The molecule has 0 atom stereocenters. The fourth-order valence-corrected chi connectivity index (χ4v) is 4.40. The minimum absolute atomic E-state index is 0.00812. The van der Waals surface area contributed by atoms with Gasteiger partial charge in [-0.3, -0.25) is 10.1 Å². The van der Waals surface area contributed by atoms with Crippen molar-refractivity contribution in [2.24, 2.45) is 5.92 Å². The van der Waals surface area contributed by atoms with E-state index in [0.717, 1.165) is 37.5 Å². The lowest BCUT2D eigenvalue weighted by atomic mass is 9.44. The number of methoxy groups -OCH3 is 1. The standard InChI is InChI=1S/C21H29N7O3/c1-26(2)5-6-27(3)15-8-17(31-4)14(7-16(15)28(29)30)23-19-9-18(22)24-20(25-19)21-10-13(11-21)12-21/h7-9,13H,5-6,10-12H2,1-4H3,(H3,22,23,24,25). The first kappa shape index (κ1) is 21.1. The Bertz CT molecular complexity index is 994. The third-order valence-electron chi connectivity index (χ3n) is 6.31. The second-order valence-corrected chi connectivity index (χ2v) is 8.91. The van der Waals surface area contributed by atoms with Gasteiger partial charge in [0.15, 0.2) is 0 Å². The van der Waals surface area contributed by atoms with Crippen molar-refractivity contribution in [3.8, 4) is 5.75 Å². The number of nitrogens with one attached hydrogen (secondary N) is 1. The molecule has 0 amide bonds. The molecule has 0 unspecified atom stereocenters. The second-order valence-electron chi connectivity index (χ2n) is 8.91. The smallest absolute Gasteiger partial charge is 0.294 e. The highest BCUT2D eigenvalue weighted by Crippen LogP contribution is 2.64. The number of nitrogens with zero attached hydrogens (tertiary/aromatic N) is 5. The number of ether oxygens (including phenoxy) is 1. The van der Waals surface area contributed by atoms with Crippen LogP contribution in [-0.4, -0.2) is 61.1 Å². The van der Waals surface area contributed by atoms with Crippen LogP contribution in [-0.2, 0) is 5.41 Å². The van der Waals surface area contributed by atoms with E-state index >= 15 is 0 Å². The highest BCUT2D eigenvalue weighted by Gasteiger charge is 2.59. The molecule has 0 aliphatic heterocycles. The van der Waals surface area contributed by atoms with Crippen LogP contribution in [0.4, 0.5) is 28.7 Å². The lowest BCUT2D eigenvalue weighted by Crippen LogP contribution is -2.56. The normalized spacial score (nSPS) is 21.3. The molecule has 10 nitrogen and oxygen atoms in total. The first-order chi connectivity index (χ1) is 14.7. The maximum absolute atomic E-state index is 11.8. The van der Waals surface area contributed by atoms with Gasteiger partial charge in [0, 0.05) is 43.8 Å². The van der Waals surface area contributed by atoms with Crippen LogP contribution >= 0.6 is 0 Å². The van der Waals surface area contributed by atoms with E-state index in [-0.39, 0.29) is 16.0 Å². The van der Waals surface area contributed by atoms with Crippen molar-refractivity contribution in [2.75, 3.05) is 57.3 Å². The van der Waals surface area contributed by atoms with Gasteiger partial charge in [-0.15, -0.1) is 0 Å². The van der Waals surface area contributed by atoms with E-state index in [9.17, 15) is 10.1 Å². The Balaban J connectivity index is 1.65. The monoisotopic (exact) mass is 427 g/mol. The van der Waals surface area contributed by atoms with Crippen molar-refractivity contribution in [3.63, 3.8) is 0 Å². The van der Waals surface area contributed by atoms with Crippen LogP contribution in [0.1, 0.15) is 25.1 Å². The third-order valence-corrected chi connectivity index (χ3v) is 6.31. The van der Waals surface area contributed by atoms with Gasteiger partial charge in [0.1, 0.15) is 28.9 Å². The molecule has 3 N–H and O–H groups in total. The predicted octanol–water partition coefficient (Wildman–Crippen LogP) is 2.77. The fraction of sp³-hybridized carbons (Fsp3) is 0.524. The number of aromatic nitrogens is 2. The van der Waals surface area contributed by atoms with Gasteiger partial charge in [0.05, 0.1) is 17.7 Å². The van der Waals surface area contributed by atoms with Crippen molar-refractivity contribution in [1.29, 1.82) is 0 Å². The van der Waals surface area contributed by atoms with Crippen molar-refractivity contribution >= 4 is 28.7 Å². The molecule has 0 radical (unpaired) electrons. The Hall–Kier alpha value is -3.14. The SMILES string of the molecule is COc1cc(N(C)CCN(C)C)c([N+](=O)[O-])cc1Nc1cc(N)nc(C23CC(C2)C3)n1. The number of anilines is 4. The van der Waals surface area contributed by atoms with Crippen molar-refractivity contribution in [1.82, 2.24) is 14.9 Å². The molecular formula is C21H29N7O3. The highest BCUT2D eigenvalue weighted by molar-refractivity contribution is 5.77. The number of nitro benzene ring substituents is 1. The third kappa shape index (κ3) is 3.95. The van der Waals surface area contributed by atoms with Crippen LogP contribution in [0.25, 0.3) is 0 Å². The zero-order valence-corrected chi connectivity index (χ0v) is 18.4. The Morgan fingerprint density at radius 2 is 1.94 bits per heavy atom. The Kier molecular flexibility index (Phi) is 5.34. The lowest BCUT2D eigenvalue weighted by molar-refractivity contribution is -0.384. The van der Waals surface area contributed by atoms with Crippen molar-refractivity contribution < 1.29 is 9.66 Å². The molecule has 0 spiro atoms. The molecule has 2 aromatic rings. The quantitative estimate of drug-likeness (QED) is 0.459. The number of rotatable bonds is 9. The zero-order chi connectivity index (χ0) is 22.3. The zero-order valence-electron chi connectivity index (χ0n) is 18.4. The number of likely N-dealkylation sites (N-methyl/N-ethyl adjacent to an activating group) is 2. The molecule has 1 aromatic heterocycles. The van der Waals surface area contributed by atoms with E-state index < -0.39 is 0 Å². The molecule has 3 aliphatic rings. The van der Waals surface area contributed by atoms with E-state index in [1.165, 1.54) is 13.2 Å². The molecule has 2 bridgehead atoms. The van der Waals surface area contributed by atoms with E-state index in [2.05, 4.69) is 15.3 Å². The maximum atomic E-state index is 11.8. The summed E-state index contributed by atoms with van der Waals surface area (Å²) in [6, 6.07) is 4.80. The first-order valence-corrected chi connectivity index (χ1v) is 10.3. The van der Waals surface area contributed by atoms with Crippen molar-refractivity contribution in [2.45, 2.75) is 24.7 Å². The molecule has 31 heavy (non-hydrogen) atoms. The molecule has 166 valence electrons. The average Bonchev–Trinajstić information content (AvgIpc) is 2.62. The van der Waals surface area contributed by atoms with E-state index in [4.69, 9.17) is 10.5 Å². The van der Waals surface area contributed by atoms with Gasteiger partial charge in [0.25, 0.3) is 5.69 Å². The summed E-state index contributed by atoms with van der Waals surface area (Å²) in [5.74, 6) is 2.92. The summed E-state index contributed by atoms with van der Waals surface area (Å²) in [6.07, 6.45) is 3.33. The van der Waals surface area contributed by atoms with Crippen LogP contribution in [0, 0.1) is 16.0 Å². The minimum Gasteiger partial charge on any atom is -0.494 e. The highest BCUT2D eigenvalue weighted by atomic mass is 16.6. The van der Waals surface area contributed by atoms with Gasteiger partial charge in [-0.05, 0) is 39.3 Å². The van der Waals surface area contributed by atoms with Crippen molar-refractivity contribution in [3.05, 3.63) is 34.1 Å². The van der Waals surface area contributed by atoms with Gasteiger partial charge in [-0.25, -0.2) is 9.97 Å².